The van der Waals surface area contributed by atoms with Gasteiger partial charge in [-0.3, -0.25) is 14.9 Å². The van der Waals surface area contributed by atoms with Crippen molar-refractivity contribution >= 4 is 39.6 Å². The molecule has 2 amide bonds. The van der Waals surface area contributed by atoms with Gasteiger partial charge < -0.3 is 14.7 Å². The van der Waals surface area contributed by atoms with E-state index in [1.165, 1.54) is 11.0 Å². The van der Waals surface area contributed by atoms with Crippen molar-refractivity contribution in [3.63, 3.8) is 0 Å². The molecular weight excluding hydrogens is 500 g/mol. The molecule has 4 rings (SSSR count). The molecule has 0 heterocycles. The summed E-state index contributed by atoms with van der Waals surface area (Å²) >= 11 is 3.37. The van der Waals surface area contributed by atoms with Gasteiger partial charge in [-0.2, -0.15) is 0 Å². The van der Waals surface area contributed by atoms with Crippen LogP contribution in [0.5, 0.6) is 0 Å². The first kappa shape index (κ1) is 23.5. The number of carbonyl (C=O) groups is 3. The van der Waals surface area contributed by atoms with Crippen molar-refractivity contribution in [3.8, 4) is 11.1 Å². The van der Waals surface area contributed by atoms with Crippen LogP contribution in [-0.2, 0) is 9.53 Å². The van der Waals surface area contributed by atoms with Crippen LogP contribution < -0.4 is 5.32 Å². The summed E-state index contributed by atoms with van der Waals surface area (Å²) in [6.45, 7) is 1.78. The molecule has 0 aliphatic heterocycles. The maximum Gasteiger partial charge on any atom is 0.411 e. The van der Waals surface area contributed by atoms with E-state index in [-0.39, 0.29) is 25.6 Å². The van der Waals surface area contributed by atoms with Crippen LogP contribution in [0.1, 0.15) is 34.3 Å². The molecule has 0 aromatic heterocycles. The molecule has 7 nitrogen and oxygen atoms in total. The normalized spacial score (nSPS) is 11.9. The van der Waals surface area contributed by atoms with Crippen LogP contribution in [-0.4, -0.2) is 47.7 Å². The third-order valence-electron chi connectivity index (χ3n) is 5.79. The molecule has 0 atom stereocenters. The van der Waals surface area contributed by atoms with Gasteiger partial charge >= 0.3 is 12.1 Å². The highest BCUT2D eigenvalue weighted by Gasteiger charge is 2.29. The molecule has 174 valence electrons. The number of fused-ring (bicyclic) bond motifs is 3. The summed E-state index contributed by atoms with van der Waals surface area (Å²) in [5, 5.41) is 11.7. The maximum absolute atomic E-state index is 12.6. The van der Waals surface area contributed by atoms with E-state index in [2.05, 4.69) is 45.5 Å². The number of carboxylic acids is 1. The monoisotopic (exact) mass is 522 g/mol. The topological polar surface area (TPSA) is 95.9 Å². The van der Waals surface area contributed by atoms with Crippen LogP contribution in [0, 0.1) is 0 Å². The lowest BCUT2D eigenvalue weighted by molar-refractivity contribution is -0.137. The van der Waals surface area contributed by atoms with Gasteiger partial charge in [0.2, 0.25) is 0 Å². The van der Waals surface area contributed by atoms with Crippen LogP contribution in [0.3, 0.4) is 0 Å². The molecule has 34 heavy (non-hydrogen) atoms. The van der Waals surface area contributed by atoms with E-state index in [0.29, 0.717) is 15.7 Å². The Morgan fingerprint density at radius 3 is 2.18 bits per heavy atom. The fourth-order valence-corrected chi connectivity index (χ4v) is 4.64. The molecule has 8 heteroatoms. The number of benzene rings is 3. The Morgan fingerprint density at radius 2 is 1.62 bits per heavy atom. The number of hydrogen-bond donors (Lipinski definition) is 2. The number of amides is 2. The molecule has 0 saturated carbocycles. The van der Waals surface area contributed by atoms with Gasteiger partial charge in [-0.05, 0) is 63.3 Å². The molecule has 1 aliphatic carbocycles. The zero-order chi connectivity index (χ0) is 24.2. The number of aliphatic carboxylic acids is 1. The minimum atomic E-state index is -1.08. The number of rotatable bonds is 7. The molecule has 0 saturated heterocycles. The van der Waals surface area contributed by atoms with E-state index in [0.717, 1.165) is 22.3 Å². The van der Waals surface area contributed by atoms with Gasteiger partial charge in [0.1, 0.15) is 13.2 Å². The van der Waals surface area contributed by atoms with Crippen LogP contribution in [0.2, 0.25) is 0 Å². The molecule has 0 spiro atoms. The zero-order valence-corrected chi connectivity index (χ0v) is 20.0. The smallest absolute Gasteiger partial charge is 0.411 e. The van der Waals surface area contributed by atoms with Crippen molar-refractivity contribution in [2.24, 2.45) is 0 Å². The van der Waals surface area contributed by atoms with Gasteiger partial charge in [0.05, 0.1) is 5.69 Å². The molecule has 0 radical (unpaired) electrons. The third kappa shape index (κ3) is 4.82. The lowest BCUT2D eigenvalue weighted by Crippen LogP contribution is -2.35. The Balaban J connectivity index is 1.42. The van der Waals surface area contributed by atoms with Crippen molar-refractivity contribution < 1.29 is 24.2 Å². The lowest BCUT2D eigenvalue weighted by Gasteiger charge is -2.19. The van der Waals surface area contributed by atoms with Gasteiger partial charge in [-0.1, -0.05) is 48.5 Å². The Hall–Kier alpha value is -3.65. The Labute approximate surface area is 205 Å². The first-order valence-corrected chi connectivity index (χ1v) is 11.6. The van der Waals surface area contributed by atoms with Gasteiger partial charge in [0.25, 0.3) is 5.91 Å². The van der Waals surface area contributed by atoms with Crippen molar-refractivity contribution in [1.82, 2.24) is 4.90 Å². The summed E-state index contributed by atoms with van der Waals surface area (Å²) in [6.07, 6.45) is -0.609. The zero-order valence-electron chi connectivity index (χ0n) is 18.5. The molecule has 0 unspecified atom stereocenters. The predicted octanol–water partition coefficient (Wildman–Crippen LogP) is 5.36. The number of carbonyl (C=O) groups excluding carboxylic acids is 2. The average molecular weight is 523 g/mol. The Kier molecular flexibility index (Phi) is 6.98. The molecule has 1 aliphatic rings. The minimum Gasteiger partial charge on any atom is -0.480 e. The Bertz CT molecular complexity index is 1210. The minimum absolute atomic E-state index is 0.0455. The average Bonchev–Trinajstić information content (AvgIpc) is 3.15. The standard InChI is InChI=1S/C26H23BrN2O5/c1-2-29(14-24(30)31)25(32)16-11-12-23(22(27)13-16)28-26(33)34-15-21-19-9-5-3-7-17(19)18-8-4-6-10-20(18)21/h3-13,21H,2,14-15H2,1H3,(H,28,33)(H,30,31). The molecule has 3 aromatic carbocycles. The summed E-state index contributed by atoms with van der Waals surface area (Å²) in [6, 6.07) is 20.9. The number of anilines is 1. The number of hydrogen-bond acceptors (Lipinski definition) is 4. The molecular formula is C26H23BrN2O5. The highest BCUT2D eigenvalue weighted by molar-refractivity contribution is 9.10. The summed E-state index contributed by atoms with van der Waals surface area (Å²) in [5.74, 6) is -1.53. The molecule has 3 aromatic rings. The SMILES string of the molecule is CCN(CC(=O)O)C(=O)c1ccc(NC(=O)OCC2c3ccccc3-c3ccccc32)c(Br)c1. The number of carboxylic acid groups (broad SMARTS) is 1. The number of ether oxygens (including phenoxy) is 1. The summed E-state index contributed by atoms with van der Waals surface area (Å²) in [4.78, 5) is 37.3. The second-order valence-corrected chi connectivity index (χ2v) is 8.71. The largest absolute Gasteiger partial charge is 0.480 e. The van der Waals surface area contributed by atoms with Gasteiger partial charge in [0, 0.05) is 22.5 Å². The number of likely N-dealkylation sites (N-methyl/N-ethyl adjacent to an activating group) is 1. The van der Waals surface area contributed by atoms with Crippen molar-refractivity contribution in [2.75, 3.05) is 25.0 Å². The summed E-state index contributed by atoms with van der Waals surface area (Å²) < 4.78 is 6.05. The van der Waals surface area contributed by atoms with Gasteiger partial charge in [0.15, 0.2) is 0 Å². The van der Waals surface area contributed by atoms with E-state index in [1.54, 1.807) is 19.1 Å². The van der Waals surface area contributed by atoms with E-state index < -0.39 is 18.0 Å². The van der Waals surface area contributed by atoms with Crippen LogP contribution in [0.25, 0.3) is 11.1 Å². The van der Waals surface area contributed by atoms with Crippen molar-refractivity contribution in [3.05, 3.63) is 87.9 Å². The van der Waals surface area contributed by atoms with Gasteiger partial charge in [-0.25, -0.2) is 4.79 Å². The fourth-order valence-electron chi connectivity index (χ4n) is 4.17. The van der Waals surface area contributed by atoms with Crippen LogP contribution in [0.15, 0.2) is 71.2 Å². The number of halogens is 1. The van der Waals surface area contributed by atoms with E-state index >= 15 is 0 Å². The van der Waals surface area contributed by atoms with E-state index in [4.69, 9.17) is 9.84 Å². The van der Waals surface area contributed by atoms with Crippen LogP contribution in [0.4, 0.5) is 10.5 Å². The first-order valence-electron chi connectivity index (χ1n) is 10.8. The third-order valence-corrected chi connectivity index (χ3v) is 6.45. The molecule has 0 bridgehead atoms. The predicted molar refractivity (Wildman–Crippen MR) is 132 cm³/mol. The highest BCUT2D eigenvalue weighted by Crippen LogP contribution is 2.44. The van der Waals surface area contributed by atoms with Crippen molar-refractivity contribution in [2.45, 2.75) is 12.8 Å². The number of nitrogens with one attached hydrogen (secondary N) is 1. The van der Waals surface area contributed by atoms with Crippen molar-refractivity contribution in [1.29, 1.82) is 0 Å². The van der Waals surface area contributed by atoms with E-state index in [9.17, 15) is 14.4 Å². The maximum atomic E-state index is 12.6. The highest BCUT2D eigenvalue weighted by atomic mass is 79.9. The fraction of sp³-hybridized carbons (Fsp3) is 0.192. The first-order chi connectivity index (χ1) is 16.4. The number of nitrogens with zero attached hydrogens (tertiary/aromatic N) is 1. The lowest BCUT2D eigenvalue weighted by atomic mass is 9.98. The quantitative estimate of drug-likeness (QED) is 0.435. The molecule has 0 fully saturated rings. The van der Waals surface area contributed by atoms with E-state index in [1.807, 2.05) is 24.3 Å². The summed E-state index contributed by atoms with van der Waals surface area (Å²) in [5.41, 5.74) is 5.31. The second-order valence-electron chi connectivity index (χ2n) is 7.86. The van der Waals surface area contributed by atoms with Crippen LogP contribution >= 0.6 is 15.9 Å². The second kappa shape index (κ2) is 10.1. The Morgan fingerprint density at radius 1 is 1.00 bits per heavy atom. The summed E-state index contributed by atoms with van der Waals surface area (Å²) in [7, 11) is 0. The van der Waals surface area contributed by atoms with Gasteiger partial charge in [-0.15, -0.1) is 0 Å². The molecule has 2 N–H and O–H groups in total.